The number of carbonyl (C=O) groups is 2. The number of carbonyl (C=O) groups excluding carboxylic acids is 2. The largest absolute Gasteiger partial charge is 0.452 e. The molecular weight excluding hydrogens is 390 g/mol. The van der Waals surface area contributed by atoms with Crippen molar-refractivity contribution in [3.05, 3.63) is 64.7 Å². The Bertz CT molecular complexity index is 943. The van der Waals surface area contributed by atoms with Crippen LogP contribution in [-0.2, 0) is 19.4 Å². The quantitative estimate of drug-likeness (QED) is 0.709. The standard InChI is InChI=1S/C19H20ClNO5S/c1-3-27(24,25)17-11-7-5-9-15(17)19(23)26-12-18(22)21-13(2)14-8-4-6-10-16(14)20/h4-11,13H,3,12H2,1-2H3,(H,21,22)/t13-/m1/s1. The van der Waals surface area contributed by atoms with Gasteiger partial charge in [-0.1, -0.05) is 48.9 Å². The first kappa shape index (κ1) is 20.9. The van der Waals surface area contributed by atoms with Crippen molar-refractivity contribution in [1.29, 1.82) is 0 Å². The Morgan fingerprint density at radius 1 is 1.11 bits per heavy atom. The van der Waals surface area contributed by atoms with Crippen LogP contribution in [0.3, 0.4) is 0 Å². The van der Waals surface area contributed by atoms with Gasteiger partial charge in [0.05, 0.1) is 22.3 Å². The zero-order valence-corrected chi connectivity index (χ0v) is 16.5. The molecule has 0 spiro atoms. The molecule has 2 rings (SSSR count). The summed E-state index contributed by atoms with van der Waals surface area (Å²) in [5.41, 5.74) is 0.643. The van der Waals surface area contributed by atoms with Crippen LogP contribution in [0.25, 0.3) is 0 Å². The normalized spacial score (nSPS) is 12.3. The molecule has 2 aromatic carbocycles. The lowest BCUT2D eigenvalue weighted by molar-refractivity contribution is -0.124. The molecule has 0 aromatic heterocycles. The van der Waals surface area contributed by atoms with Crippen LogP contribution < -0.4 is 5.32 Å². The summed E-state index contributed by atoms with van der Waals surface area (Å²) in [6, 6.07) is 12.5. The summed E-state index contributed by atoms with van der Waals surface area (Å²) in [5.74, 6) is -1.54. The van der Waals surface area contributed by atoms with Gasteiger partial charge in [-0.15, -0.1) is 0 Å². The molecule has 0 aliphatic heterocycles. The summed E-state index contributed by atoms with van der Waals surface area (Å²) in [7, 11) is -3.59. The number of ether oxygens (including phenoxy) is 1. The highest BCUT2D eigenvalue weighted by Crippen LogP contribution is 2.22. The van der Waals surface area contributed by atoms with Gasteiger partial charge in [0.25, 0.3) is 5.91 Å². The molecule has 1 atom stereocenters. The molecule has 144 valence electrons. The first-order valence-electron chi connectivity index (χ1n) is 8.29. The van der Waals surface area contributed by atoms with Gasteiger partial charge in [-0.05, 0) is 30.7 Å². The smallest absolute Gasteiger partial charge is 0.339 e. The van der Waals surface area contributed by atoms with E-state index in [2.05, 4.69) is 5.32 Å². The number of amides is 1. The van der Waals surface area contributed by atoms with Crippen LogP contribution in [0.1, 0.15) is 35.8 Å². The Labute approximate surface area is 163 Å². The Kier molecular flexibility index (Phi) is 6.98. The average molecular weight is 410 g/mol. The van der Waals surface area contributed by atoms with Gasteiger partial charge in [0.15, 0.2) is 16.4 Å². The summed E-state index contributed by atoms with van der Waals surface area (Å²) in [4.78, 5) is 24.2. The van der Waals surface area contributed by atoms with Crippen LogP contribution in [0.15, 0.2) is 53.4 Å². The molecule has 0 bridgehead atoms. The minimum atomic E-state index is -3.59. The zero-order chi connectivity index (χ0) is 20.0. The maximum Gasteiger partial charge on any atom is 0.339 e. The number of rotatable bonds is 7. The number of hydrogen-bond acceptors (Lipinski definition) is 5. The molecule has 0 saturated carbocycles. The van der Waals surface area contributed by atoms with Gasteiger partial charge < -0.3 is 10.1 Å². The predicted octanol–water partition coefficient (Wildman–Crippen LogP) is 3.17. The van der Waals surface area contributed by atoms with Crippen molar-refractivity contribution in [3.63, 3.8) is 0 Å². The van der Waals surface area contributed by atoms with Crippen molar-refractivity contribution in [2.45, 2.75) is 24.8 Å². The van der Waals surface area contributed by atoms with Crippen LogP contribution in [0, 0.1) is 0 Å². The Morgan fingerprint density at radius 3 is 2.41 bits per heavy atom. The maximum absolute atomic E-state index is 12.3. The van der Waals surface area contributed by atoms with Gasteiger partial charge in [-0.25, -0.2) is 13.2 Å². The highest BCUT2D eigenvalue weighted by atomic mass is 35.5. The van der Waals surface area contributed by atoms with Crippen LogP contribution >= 0.6 is 11.6 Å². The number of hydrogen-bond donors (Lipinski definition) is 1. The van der Waals surface area contributed by atoms with E-state index in [9.17, 15) is 18.0 Å². The van der Waals surface area contributed by atoms with Crippen molar-refractivity contribution >= 4 is 33.3 Å². The Morgan fingerprint density at radius 2 is 1.74 bits per heavy atom. The summed E-state index contributed by atoms with van der Waals surface area (Å²) < 4.78 is 29.2. The van der Waals surface area contributed by atoms with E-state index >= 15 is 0 Å². The zero-order valence-electron chi connectivity index (χ0n) is 14.9. The monoisotopic (exact) mass is 409 g/mol. The van der Waals surface area contributed by atoms with E-state index in [0.717, 1.165) is 5.56 Å². The third-order valence-corrected chi connectivity index (χ3v) is 6.04. The van der Waals surface area contributed by atoms with Crippen LogP contribution in [0.5, 0.6) is 0 Å². The average Bonchev–Trinajstić information content (AvgIpc) is 2.66. The van der Waals surface area contributed by atoms with E-state index in [1.54, 1.807) is 31.2 Å². The van der Waals surface area contributed by atoms with Crippen LogP contribution in [-0.4, -0.2) is 32.7 Å². The number of nitrogens with one attached hydrogen (secondary N) is 1. The molecule has 2 aromatic rings. The van der Waals surface area contributed by atoms with Gasteiger partial charge in [0.2, 0.25) is 0 Å². The highest BCUT2D eigenvalue weighted by molar-refractivity contribution is 7.91. The lowest BCUT2D eigenvalue weighted by Crippen LogP contribution is -2.31. The molecule has 8 heteroatoms. The highest BCUT2D eigenvalue weighted by Gasteiger charge is 2.22. The van der Waals surface area contributed by atoms with E-state index in [1.165, 1.54) is 31.2 Å². The van der Waals surface area contributed by atoms with E-state index in [4.69, 9.17) is 16.3 Å². The van der Waals surface area contributed by atoms with E-state index in [-0.39, 0.29) is 22.3 Å². The van der Waals surface area contributed by atoms with Gasteiger partial charge in [-0.2, -0.15) is 0 Å². The molecule has 1 N–H and O–H groups in total. The minimum absolute atomic E-state index is 0.0914. The summed E-state index contributed by atoms with van der Waals surface area (Å²) >= 11 is 6.09. The molecule has 1 amide bonds. The molecule has 0 fully saturated rings. The summed E-state index contributed by atoms with van der Waals surface area (Å²) in [6.45, 7) is 2.71. The molecule has 6 nitrogen and oxygen atoms in total. The van der Waals surface area contributed by atoms with Crippen LogP contribution in [0.4, 0.5) is 0 Å². The fraction of sp³-hybridized carbons (Fsp3) is 0.263. The first-order chi connectivity index (χ1) is 12.8. The second kappa shape index (κ2) is 9.01. The lowest BCUT2D eigenvalue weighted by atomic mass is 10.1. The van der Waals surface area contributed by atoms with E-state index in [0.29, 0.717) is 5.02 Å². The lowest BCUT2D eigenvalue weighted by Gasteiger charge is -2.16. The van der Waals surface area contributed by atoms with E-state index in [1.807, 2.05) is 0 Å². The predicted molar refractivity (Wildman–Crippen MR) is 102 cm³/mol. The van der Waals surface area contributed by atoms with Gasteiger partial charge in [0, 0.05) is 5.02 Å². The van der Waals surface area contributed by atoms with Gasteiger partial charge in [-0.3, -0.25) is 4.79 Å². The van der Waals surface area contributed by atoms with Crippen molar-refractivity contribution < 1.29 is 22.7 Å². The van der Waals surface area contributed by atoms with Gasteiger partial charge >= 0.3 is 5.97 Å². The number of sulfone groups is 1. The second-order valence-electron chi connectivity index (χ2n) is 5.79. The third-order valence-electron chi connectivity index (χ3n) is 3.91. The first-order valence-corrected chi connectivity index (χ1v) is 10.3. The molecule has 27 heavy (non-hydrogen) atoms. The Balaban J connectivity index is 2.02. The third kappa shape index (κ3) is 5.30. The van der Waals surface area contributed by atoms with Gasteiger partial charge in [0.1, 0.15) is 0 Å². The molecule has 0 aliphatic carbocycles. The van der Waals surface area contributed by atoms with Crippen molar-refractivity contribution in [2.24, 2.45) is 0 Å². The number of halogens is 1. The molecular formula is C19H20ClNO5S. The molecule has 0 radical (unpaired) electrons. The summed E-state index contributed by atoms with van der Waals surface area (Å²) in [6.07, 6.45) is 0. The number of esters is 1. The minimum Gasteiger partial charge on any atom is -0.452 e. The van der Waals surface area contributed by atoms with Crippen LogP contribution in [0.2, 0.25) is 5.02 Å². The molecule has 0 aliphatic rings. The maximum atomic E-state index is 12.3. The SMILES string of the molecule is CCS(=O)(=O)c1ccccc1C(=O)OCC(=O)N[C@H](C)c1ccccc1Cl. The molecule has 0 heterocycles. The molecule has 0 saturated heterocycles. The van der Waals surface area contributed by atoms with Crippen molar-refractivity contribution in [3.8, 4) is 0 Å². The second-order valence-corrected chi connectivity index (χ2v) is 8.44. The van der Waals surface area contributed by atoms with E-state index < -0.39 is 28.3 Å². The topological polar surface area (TPSA) is 89.5 Å². The number of benzene rings is 2. The fourth-order valence-electron chi connectivity index (χ4n) is 2.46. The van der Waals surface area contributed by atoms with Crippen molar-refractivity contribution in [2.75, 3.05) is 12.4 Å². The Hall–Kier alpha value is -2.38. The summed E-state index contributed by atoms with van der Waals surface area (Å²) in [5, 5.41) is 3.20. The van der Waals surface area contributed by atoms with Crippen molar-refractivity contribution in [1.82, 2.24) is 5.32 Å². The molecule has 0 unspecified atom stereocenters. The fourth-order valence-corrected chi connectivity index (χ4v) is 3.84.